The second-order valence-electron chi connectivity index (χ2n) is 5.59. The molecule has 0 bridgehead atoms. The number of aromatic nitrogens is 1. The van der Waals surface area contributed by atoms with Crippen molar-refractivity contribution in [3.05, 3.63) is 46.2 Å². The Kier molecular flexibility index (Phi) is 3.90. The first-order valence-electron chi connectivity index (χ1n) is 6.52. The molecule has 0 unspecified atom stereocenters. The van der Waals surface area contributed by atoms with Crippen molar-refractivity contribution in [3.8, 4) is 0 Å². The SMILES string of the molecule is CC(C)(CC(N)=O)NCc1cc2ccccc2[nH]c1=O. The average molecular weight is 273 g/mol. The topological polar surface area (TPSA) is 88.0 Å². The van der Waals surface area contributed by atoms with Gasteiger partial charge in [-0.05, 0) is 31.4 Å². The lowest BCUT2D eigenvalue weighted by Crippen LogP contribution is -2.43. The second kappa shape index (κ2) is 5.46. The van der Waals surface area contributed by atoms with E-state index in [1.54, 1.807) is 0 Å². The second-order valence-corrected chi connectivity index (χ2v) is 5.59. The van der Waals surface area contributed by atoms with E-state index in [1.165, 1.54) is 0 Å². The number of hydrogen-bond acceptors (Lipinski definition) is 3. The normalized spacial score (nSPS) is 11.7. The minimum Gasteiger partial charge on any atom is -0.370 e. The summed E-state index contributed by atoms with van der Waals surface area (Å²) in [7, 11) is 0. The molecule has 0 atom stereocenters. The fourth-order valence-corrected chi connectivity index (χ4v) is 2.16. The van der Waals surface area contributed by atoms with Gasteiger partial charge in [-0.1, -0.05) is 18.2 Å². The van der Waals surface area contributed by atoms with Gasteiger partial charge in [-0.25, -0.2) is 0 Å². The van der Waals surface area contributed by atoms with Crippen molar-refractivity contribution in [3.63, 3.8) is 0 Å². The molecule has 20 heavy (non-hydrogen) atoms. The number of aromatic amines is 1. The summed E-state index contributed by atoms with van der Waals surface area (Å²) in [6.45, 7) is 4.15. The predicted molar refractivity (Wildman–Crippen MR) is 79.3 cm³/mol. The maximum absolute atomic E-state index is 12.0. The van der Waals surface area contributed by atoms with Crippen LogP contribution in [0.4, 0.5) is 0 Å². The number of amides is 1. The summed E-state index contributed by atoms with van der Waals surface area (Å²) in [5.74, 6) is -0.366. The number of carbonyl (C=O) groups excluding carboxylic acids is 1. The van der Waals surface area contributed by atoms with Gasteiger partial charge in [-0.15, -0.1) is 0 Å². The zero-order valence-corrected chi connectivity index (χ0v) is 11.7. The number of carbonyl (C=O) groups is 1. The first-order chi connectivity index (χ1) is 9.37. The van der Waals surface area contributed by atoms with Crippen molar-refractivity contribution in [1.82, 2.24) is 10.3 Å². The van der Waals surface area contributed by atoms with E-state index in [1.807, 2.05) is 44.2 Å². The quantitative estimate of drug-likeness (QED) is 0.766. The monoisotopic (exact) mass is 273 g/mol. The van der Waals surface area contributed by atoms with Gasteiger partial charge in [-0.2, -0.15) is 0 Å². The van der Waals surface area contributed by atoms with Crippen molar-refractivity contribution >= 4 is 16.8 Å². The highest BCUT2D eigenvalue weighted by molar-refractivity contribution is 5.78. The number of primary amides is 1. The van der Waals surface area contributed by atoms with Crippen molar-refractivity contribution < 1.29 is 4.79 Å². The van der Waals surface area contributed by atoms with Crippen LogP contribution in [0.5, 0.6) is 0 Å². The third kappa shape index (κ3) is 3.45. The van der Waals surface area contributed by atoms with E-state index in [0.29, 0.717) is 12.1 Å². The van der Waals surface area contributed by atoms with Gasteiger partial charge in [0.1, 0.15) is 0 Å². The average Bonchev–Trinajstić information content (AvgIpc) is 2.34. The van der Waals surface area contributed by atoms with Gasteiger partial charge >= 0.3 is 0 Å². The van der Waals surface area contributed by atoms with E-state index in [-0.39, 0.29) is 17.9 Å². The zero-order valence-electron chi connectivity index (χ0n) is 11.7. The minimum atomic E-state index is -0.441. The van der Waals surface area contributed by atoms with Gasteiger partial charge in [0, 0.05) is 29.6 Å². The van der Waals surface area contributed by atoms with Gasteiger partial charge < -0.3 is 16.0 Å². The third-order valence-corrected chi connectivity index (χ3v) is 3.20. The molecule has 0 radical (unpaired) electrons. The number of hydrogen-bond donors (Lipinski definition) is 3. The maximum atomic E-state index is 12.0. The van der Waals surface area contributed by atoms with E-state index >= 15 is 0 Å². The molecule has 5 heteroatoms. The van der Waals surface area contributed by atoms with E-state index in [0.717, 1.165) is 10.9 Å². The van der Waals surface area contributed by atoms with E-state index in [2.05, 4.69) is 10.3 Å². The van der Waals surface area contributed by atoms with Crippen LogP contribution in [-0.2, 0) is 11.3 Å². The molecule has 0 spiro atoms. The van der Waals surface area contributed by atoms with E-state index in [4.69, 9.17) is 5.73 Å². The summed E-state index contributed by atoms with van der Waals surface area (Å²) in [6.07, 6.45) is 0.221. The standard InChI is InChI=1S/C15H19N3O2/c1-15(2,8-13(16)19)17-9-11-7-10-5-3-4-6-12(10)18-14(11)20/h3-7,17H,8-9H2,1-2H3,(H2,16,19)(H,18,20). The molecule has 106 valence electrons. The number of pyridine rings is 1. The minimum absolute atomic E-state index is 0.119. The molecule has 0 saturated heterocycles. The number of nitrogens with one attached hydrogen (secondary N) is 2. The Labute approximate surface area is 117 Å². The molecule has 2 aromatic rings. The zero-order chi connectivity index (χ0) is 14.8. The van der Waals surface area contributed by atoms with Crippen LogP contribution in [0.2, 0.25) is 0 Å². The summed E-state index contributed by atoms with van der Waals surface area (Å²) in [5, 5.41) is 4.17. The lowest BCUT2D eigenvalue weighted by atomic mass is 10.00. The Hall–Kier alpha value is -2.14. The van der Waals surface area contributed by atoms with Gasteiger partial charge in [0.05, 0.1) is 0 Å². The van der Waals surface area contributed by atoms with Crippen LogP contribution in [0.1, 0.15) is 25.8 Å². The molecule has 0 fully saturated rings. The number of benzene rings is 1. The number of rotatable bonds is 5. The summed E-state index contributed by atoms with van der Waals surface area (Å²) in [6, 6.07) is 9.48. The third-order valence-electron chi connectivity index (χ3n) is 3.20. The molecule has 2 rings (SSSR count). The van der Waals surface area contributed by atoms with Crippen LogP contribution in [0.15, 0.2) is 35.1 Å². The first kappa shape index (κ1) is 14.3. The molecule has 0 saturated carbocycles. The van der Waals surface area contributed by atoms with Crippen molar-refractivity contribution in [2.24, 2.45) is 5.73 Å². The number of nitrogens with two attached hydrogens (primary N) is 1. The largest absolute Gasteiger partial charge is 0.370 e. The molecule has 1 aromatic heterocycles. The van der Waals surface area contributed by atoms with E-state index in [9.17, 15) is 9.59 Å². The van der Waals surface area contributed by atoms with Crippen LogP contribution >= 0.6 is 0 Å². The lowest BCUT2D eigenvalue weighted by Gasteiger charge is -2.24. The fraction of sp³-hybridized carbons (Fsp3) is 0.333. The molecule has 1 heterocycles. The van der Waals surface area contributed by atoms with Crippen LogP contribution in [-0.4, -0.2) is 16.4 Å². The molecule has 5 nitrogen and oxygen atoms in total. The van der Waals surface area contributed by atoms with Gasteiger partial charge in [0.2, 0.25) is 5.91 Å². The summed E-state index contributed by atoms with van der Waals surface area (Å²) in [5.41, 5.74) is 6.10. The maximum Gasteiger partial charge on any atom is 0.252 e. The number of para-hydroxylation sites is 1. The van der Waals surface area contributed by atoms with Gasteiger partial charge in [0.25, 0.3) is 5.56 Å². The van der Waals surface area contributed by atoms with Crippen LogP contribution in [0.3, 0.4) is 0 Å². The molecular weight excluding hydrogens is 254 g/mol. The highest BCUT2D eigenvalue weighted by Gasteiger charge is 2.20. The Morgan fingerprint density at radius 1 is 1.35 bits per heavy atom. The van der Waals surface area contributed by atoms with E-state index < -0.39 is 5.54 Å². The summed E-state index contributed by atoms with van der Waals surface area (Å²) < 4.78 is 0. The number of H-pyrrole nitrogens is 1. The number of fused-ring (bicyclic) bond motifs is 1. The van der Waals surface area contributed by atoms with Gasteiger partial charge in [0.15, 0.2) is 0 Å². The Balaban J connectivity index is 2.19. The van der Waals surface area contributed by atoms with Crippen LogP contribution < -0.4 is 16.6 Å². The van der Waals surface area contributed by atoms with Crippen LogP contribution in [0, 0.1) is 0 Å². The molecule has 1 aromatic carbocycles. The highest BCUT2D eigenvalue weighted by Crippen LogP contribution is 2.12. The van der Waals surface area contributed by atoms with Crippen molar-refractivity contribution in [2.75, 3.05) is 0 Å². The Bertz CT molecular complexity index is 689. The van der Waals surface area contributed by atoms with Crippen molar-refractivity contribution in [2.45, 2.75) is 32.4 Å². The molecule has 1 amide bonds. The molecule has 0 aliphatic rings. The predicted octanol–water partition coefficient (Wildman–Crippen LogP) is 1.27. The summed E-state index contributed by atoms with van der Waals surface area (Å²) >= 11 is 0. The highest BCUT2D eigenvalue weighted by atomic mass is 16.1. The lowest BCUT2D eigenvalue weighted by molar-refractivity contribution is -0.119. The first-order valence-corrected chi connectivity index (χ1v) is 6.52. The molecule has 0 aliphatic heterocycles. The summed E-state index contributed by atoms with van der Waals surface area (Å²) in [4.78, 5) is 25.8. The molecule has 0 aliphatic carbocycles. The fourth-order valence-electron chi connectivity index (χ4n) is 2.16. The smallest absolute Gasteiger partial charge is 0.252 e. The van der Waals surface area contributed by atoms with Crippen LogP contribution in [0.25, 0.3) is 10.9 Å². The Morgan fingerprint density at radius 3 is 2.75 bits per heavy atom. The molecular formula is C15H19N3O2. The Morgan fingerprint density at radius 2 is 2.05 bits per heavy atom. The van der Waals surface area contributed by atoms with Crippen molar-refractivity contribution in [1.29, 1.82) is 0 Å². The molecule has 4 N–H and O–H groups in total. The van der Waals surface area contributed by atoms with Gasteiger partial charge in [-0.3, -0.25) is 9.59 Å².